The van der Waals surface area contributed by atoms with E-state index < -0.39 is 17.7 Å². The first-order valence-corrected chi connectivity index (χ1v) is 5.66. The molecule has 1 aromatic heterocycles. The molecule has 0 radical (unpaired) electrons. The SMILES string of the molecule is Cn1cc(CCC(=O)O)c2cccc(C(F)(F)F)c21. The topological polar surface area (TPSA) is 42.2 Å². The standard InChI is InChI=1S/C13H12F3NO2/c1-17-7-8(5-6-11(18)19)9-3-2-4-10(12(9)17)13(14,15)16/h2-4,7H,5-6H2,1H3,(H,18,19). The van der Waals surface area contributed by atoms with Gasteiger partial charge in [-0.05, 0) is 18.1 Å². The summed E-state index contributed by atoms with van der Waals surface area (Å²) in [6, 6.07) is 3.96. The molecule has 0 saturated carbocycles. The summed E-state index contributed by atoms with van der Waals surface area (Å²) < 4.78 is 40.1. The molecule has 0 atom stereocenters. The van der Waals surface area contributed by atoms with E-state index >= 15 is 0 Å². The van der Waals surface area contributed by atoms with Crippen LogP contribution in [-0.4, -0.2) is 15.6 Å². The number of carbonyl (C=O) groups is 1. The number of carboxylic acids is 1. The third-order valence-electron chi connectivity index (χ3n) is 3.00. The molecule has 2 rings (SSSR count). The number of para-hydroxylation sites is 1. The molecule has 0 fully saturated rings. The number of aryl methyl sites for hydroxylation is 2. The minimum Gasteiger partial charge on any atom is -0.481 e. The van der Waals surface area contributed by atoms with Gasteiger partial charge in [0.2, 0.25) is 0 Å². The Morgan fingerprint density at radius 1 is 1.37 bits per heavy atom. The molecule has 19 heavy (non-hydrogen) atoms. The van der Waals surface area contributed by atoms with Crippen molar-refractivity contribution in [1.29, 1.82) is 0 Å². The molecule has 6 heteroatoms. The maximum atomic E-state index is 12.9. The van der Waals surface area contributed by atoms with Crippen LogP contribution in [-0.2, 0) is 24.4 Å². The second-order valence-electron chi connectivity index (χ2n) is 4.36. The number of hydrogen-bond acceptors (Lipinski definition) is 1. The zero-order valence-electron chi connectivity index (χ0n) is 10.2. The van der Waals surface area contributed by atoms with E-state index in [1.54, 1.807) is 12.3 Å². The Hall–Kier alpha value is -1.98. The van der Waals surface area contributed by atoms with Crippen LogP contribution in [0.2, 0.25) is 0 Å². The first-order valence-electron chi connectivity index (χ1n) is 5.66. The van der Waals surface area contributed by atoms with Crippen molar-refractivity contribution in [3.05, 3.63) is 35.5 Å². The van der Waals surface area contributed by atoms with Gasteiger partial charge in [-0.15, -0.1) is 0 Å². The lowest BCUT2D eigenvalue weighted by Gasteiger charge is -2.09. The quantitative estimate of drug-likeness (QED) is 0.931. The molecule has 3 nitrogen and oxygen atoms in total. The molecular weight excluding hydrogens is 259 g/mol. The van der Waals surface area contributed by atoms with Crippen LogP contribution in [0.15, 0.2) is 24.4 Å². The number of carboxylic acid groups (broad SMARTS) is 1. The molecular formula is C13H12F3NO2. The van der Waals surface area contributed by atoms with Gasteiger partial charge in [0.1, 0.15) is 0 Å². The van der Waals surface area contributed by atoms with Gasteiger partial charge in [-0.25, -0.2) is 0 Å². The molecule has 0 bridgehead atoms. The second-order valence-corrected chi connectivity index (χ2v) is 4.36. The van der Waals surface area contributed by atoms with Gasteiger partial charge in [0.15, 0.2) is 0 Å². The zero-order chi connectivity index (χ0) is 14.2. The molecule has 2 aromatic rings. The maximum Gasteiger partial charge on any atom is 0.418 e. The van der Waals surface area contributed by atoms with Gasteiger partial charge in [0.05, 0.1) is 11.1 Å². The minimum absolute atomic E-state index is 0.0930. The van der Waals surface area contributed by atoms with Crippen LogP contribution in [0.3, 0.4) is 0 Å². The van der Waals surface area contributed by atoms with Gasteiger partial charge >= 0.3 is 12.1 Å². The smallest absolute Gasteiger partial charge is 0.418 e. The Morgan fingerprint density at radius 2 is 2.05 bits per heavy atom. The summed E-state index contributed by atoms with van der Waals surface area (Å²) in [6.07, 6.45) is -2.75. The third kappa shape index (κ3) is 2.57. The molecule has 0 spiro atoms. The first-order chi connectivity index (χ1) is 8.80. The highest BCUT2D eigenvalue weighted by Crippen LogP contribution is 2.36. The van der Waals surface area contributed by atoms with Crippen molar-refractivity contribution in [3.63, 3.8) is 0 Å². The molecule has 0 amide bonds. The van der Waals surface area contributed by atoms with Crippen molar-refractivity contribution in [1.82, 2.24) is 4.57 Å². The van der Waals surface area contributed by atoms with Gasteiger partial charge in [0.25, 0.3) is 0 Å². The van der Waals surface area contributed by atoms with Gasteiger partial charge in [-0.2, -0.15) is 13.2 Å². The fourth-order valence-electron chi connectivity index (χ4n) is 2.22. The number of nitrogens with zero attached hydrogens (tertiary/aromatic N) is 1. The van der Waals surface area contributed by atoms with Gasteiger partial charge in [0, 0.05) is 25.1 Å². The number of alkyl halides is 3. The zero-order valence-corrected chi connectivity index (χ0v) is 10.2. The summed E-state index contributed by atoms with van der Waals surface area (Å²) in [4.78, 5) is 10.6. The average Bonchev–Trinajstić information content (AvgIpc) is 2.63. The maximum absolute atomic E-state index is 12.9. The Labute approximate surface area is 107 Å². The molecule has 1 heterocycles. The van der Waals surface area contributed by atoms with E-state index in [0.717, 1.165) is 6.07 Å². The van der Waals surface area contributed by atoms with Crippen molar-refractivity contribution in [2.75, 3.05) is 0 Å². The predicted octanol–water partition coefficient (Wildman–Crippen LogP) is 3.21. The van der Waals surface area contributed by atoms with Gasteiger partial charge in [-0.3, -0.25) is 4.79 Å². The summed E-state index contributed by atoms with van der Waals surface area (Å²) in [5.74, 6) is -0.969. The van der Waals surface area contributed by atoms with E-state index in [2.05, 4.69) is 0 Å². The Morgan fingerprint density at radius 3 is 2.63 bits per heavy atom. The number of halogens is 3. The number of aromatic nitrogens is 1. The minimum atomic E-state index is -4.42. The van der Waals surface area contributed by atoms with Crippen molar-refractivity contribution < 1.29 is 23.1 Å². The summed E-state index contributed by atoms with van der Waals surface area (Å²) in [6.45, 7) is 0. The number of aliphatic carboxylic acids is 1. The number of hydrogen-bond donors (Lipinski definition) is 1. The van der Waals surface area contributed by atoms with Crippen LogP contribution in [0, 0.1) is 0 Å². The summed E-state index contributed by atoms with van der Waals surface area (Å²) in [7, 11) is 1.53. The van der Waals surface area contributed by atoms with Crippen molar-refractivity contribution in [2.24, 2.45) is 7.05 Å². The monoisotopic (exact) mass is 271 g/mol. The van der Waals surface area contributed by atoms with E-state index in [9.17, 15) is 18.0 Å². The highest BCUT2D eigenvalue weighted by Gasteiger charge is 2.33. The van der Waals surface area contributed by atoms with Crippen LogP contribution in [0.25, 0.3) is 10.9 Å². The molecule has 0 aliphatic heterocycles. The van der Waals surface area contributed by atoms with Crippen LogP contribution in [0.1, 0.15) is 17.5 Å². The summed E-state index contributed by atoms with van der Waals surface area (Å²) >= 11 is 0. The van der Waals surface area contributed by atoms with E-state index in [0.29, 0.717) is 10.9 Å². The number of benzene rings is 1. The molecule has 0 aliphatic carbocycles. The van der Waals surface area contributed by atoms with Crippen molar-refractivity contribution >= 4 is 16.9 Å². The highest BCUT2D eigenvalue weighted by molar-refractivity contribution is 5.87. The fraction of sp³-hybridized carbons (Fsp3) is 0.308. The van der Waals surface area contributed by atoms with Crippen molar-refractivity contribution in [3.8, 4) is 0 Å². The molecule has 0 aliphatic rings. The summed E-state index contributed by atoms with van der Waals surface area (Å²) in [5.41, 5.74) is 0.00969. The summed E-state index contributed by atoms with van der Waals surface area (Å²) in [5, 5.41) is 9.11. The predicted molar refractivity (Wildman–Crippen MR) is 63.9 cm³/mol. The normalized spacial score (nSPS) is 12.0. The van der Waals surface area contributed by atoms with E-state index in [1.165, 1.54) is 17.7 Å². The van der Waals surface area contributed by atoms with E-state index in [-0.39, 0.29) is 18.4 Å². The number of rotatable bonds is 3. The Balaban J connectivity index is 2.57. The molecule has 0 saturated heterocycles. The Bertz CT molecular complexity index is 629. The lowest BCUT2D eigenvalue weighted by molar-refractivity contribution is -0.137. The highest BCUT2D eigenvalue weighted by atomic mass is 19.4. The average molecular weight is 271 g/mol. The van der Waals surface area contributed by atoms with Crippen LogP contribution in [0.5, 0.6) is 0 Å². The van der Waals surface area contributed by atoms with Gasteiger partial charge in [-0.1, -0.05) is 12.1 Å². The fourth-order valence-corrected chi connectivity index (χ4v) is 2.22. The lowest BCUT2D eigenvalue weighted by atomic mass is 10.1. The van der Waals surface area contributed by atoms with Crippen molar-refractivity contribution in [2.45, 2.75) is 19.0 Å². The lowest BCUT2D eigenvalue weighted by Crippen LogP contribution is -2.07. The second kappa shape index (κ2) is 4.60. The van der Waals surface area contributed by atoms with E-state index in [4.69, 9.17) is 5.11 Å². The molecule has 102 valence electrons. The Kier molecular flexibility index (Phi) is 3.26. The van der Waals surface area contributed by atoms with Crippen LogP contribution in [0.4, 0.5) is 13.2 Å². The first kappa shape index (κ1) is 13.5. The molecule has 1 N–H and O–H groups in total. The largest absolute Gasteiger partial charge is 0.481 e. The van der Waals surface area contributed by atoms with Crippen LogP contribution < -0.4 is 0 Å². The van der Waals surface area contributed by atoms with Gasteiger partial charge < -0.3 is 9.67 Å². The van der Waals surface area contributed by atoms with Crippen LogP contribution >= 0.6 is 0 Å². The molecule has 1 aromatic carbocycles. The van der Waals surface area contributed by atoms with E-state index in [1.807, 2.05) is 0 Å². The third-order valence-corrected chi connectivity index (χ3v) is 3.00. The number of fused-ring (bicyclic) bond motifs is 1. The molecule has 0 unspecified atom stereocenters.